The zero-order valence-corrected chi connectivity index (χ0v) is 14.2. The minimum atomic E-state index is -0.138. The second-order valence-electron chi connectivity index (χ2n) is 6.72. The van der Waals surface area contributed by atoms with Crippen molar-refractivity contribution in [3.05, 3.63) is 18.2 Å². The average Bonchev–Trinajstić information content (AvgIpc) is 3.43. The molecule has 1 aromatic carbocycles. The molecule has 3 rings (SSSR count). The van der Waals surface area contributed by atoms with Crippen molar-refractivity contribution in [2.75, 3.05) is 24.3 Å². The van der Waals surface area contributed by atoms with Gasteiger partial charge in [-0.25, -0.2) is 0 Å². The molecule has 0 radical (unpaired) electrons. The van der Waals surface area contributed by atoms with Crippen LogP contribution in [0.4, 0.5) is 11.4 Å². The quantitative estimate of drug-likeness (QED) is 0.683. The van der Waals surface area contributed by atoms with Crippen LogP contribution in [0.1, 0.15) is 32.6 Å². The zero-order chi connectivity index (χ0) is 17.1. The number of nitrogens with one attached hydrogen (secondary N) is 3. The Bertz CT molecular complexity index is 612. The van der Waals surface area contributed by atoms with Gasteiger partial charge in [0.1, 0.15) is 5.75 Å². The van der Waals surface area contributed by atoms with Crippen molar-refractivity contribution in [3.63, 3.8) is 0 Å². The summed E-state index contributed by atoms with van der Waals surface area (Å²) < 4.78 is 5.31. The van der Waals surface area contributed by atoms with E-state index in [9.17, 15) is 9.59 Å². The van der Waals surface area contributed by atoms with Crippen molar-refractivity contribution in [1.82, 2.24) is 5.32 Å². The predicted octanol–water partition coefficient (Wildman–Crippen LogP) is 2.37. The van der Waals surface area contributed by atoms with Crippen molar-refractivity contribution in [1.29, 1.82) is 0 Å². The molecule has 130 valence electrons. The van der Waals surface area contributed by atoms with E-state index in [2.05, 4.69) is 16.0 Å². The molecule has 2 saturated carbocycles. The first-order chi connectivity index (χ1) is 11.6. The number of carbonyl (C=O) groups is 2. The van der Waals surface area contributed by atoms with Gasteiger partial charge in [0.2, 0.25) is 11.8 Å². The molecule has 6 heteroatoms. The standard InChI is InChI=1S/C18H25N3O3/c1-11(22)20-14-7-8-16(24-2)15(9-14)19-10-17(23)21-18(12-3-4-12)13-5-6-13/h7-9,12-13,18-19H,3-6,10H2,1-2H3,(H,20,22)(H,21,23). The van der Waals surface area contributed by atoms with Crippen LogP contribution in [0.3, 0.4) is 0 Å². The molecule has 0 bridgehead atoms. The normalized spacial score (nSPS) is 16.6. The highest BCUT2D eigenvalue weighted by atomic mass is 16.5. The van der Waals surface area contributed by atoms with Crippen molar-refractivity contribution in [3.8, 4) is 5.75 Å². The van der Waals surface area contributed by atoms with Crippen LogP contribution in [-0.2, 0) is 9.59 Å². The molecule has 1 aromatic rings. The van der Waals surface area contributed by atoms with Gasteiger partial charge >= 0.3 is 0 Å². The van der Waals surface area contributed by atoms with E-state index in [0.717, 1.165) is 0 Å². The van der Waals surface area contributed by atoms with Crippen LogP contribution in [0.2, 0.25) is 0 Å². The molecule has 0 spiro atoms. The van der Waals surface area contributed by atoms with Gasteiger partial charge in [0.25, 0.3) is 0 Å². The summed E-state index contributed by atoms with van der Waals surface area (Å²) in [7, 11) is 1.58. The van der Waals surface area contributed by atoms with E-state index in [-0.39, 0.29) is 18.4 Å². The molecular formula is C18H25N3O3. The van der Waals surface area contributed by atoms with Crippen LogP contribution in [0, 0.1) is 11.8 Å². The fourth-order valence-corrected chi connectivity index (χ4v) is 3.07. The van der Waals surface area contributed by atoms with Crippen molar-refractivity contribution in [2.24, 2.45) is 11.8 Å². The van der Waals surface area contributed by atoms with Crippen molar-refractivity contribution >= 4 is 23.2 Å². The Morgan fingerprint density at radius 2 is 1.88 bits per heavy atom. The Labute approximate surface area is 142 Å². The van der Waals surface area contributed by atoms with Gasteiger partial charge in [0.05, 0.1) is 19.3 Å². The molecular weight excluding hydrogens is 306 g/mol. The third-order valence-corrected chi connectivity index (χ3v) is 4.55. The minimum absolute atomic E-state index is 0.00535. The van der Waals surface area contributed by atoms with Crippen LogP contribution in [0.15, 0.2) is 18.2 Å². The maximum Gasteiger partial charge on any atom is 0.239 e. The Morgan fingerprint density at radius 3 is 2.42 bits per heavy atom. The molecule has 0 heterocycles. The van der Waals surface area contributed by atoms with Gasteiger partial charge in [-0.3, -0.25) is 9.59 Å². The predicted molar refractivity (Wildman–Crippen MR) is 93.2 cm³/mol. The highest BCUT2D eigenvalue weighted by molar-refractivity contribution is 5.90. The van der Waals surface area contributed by atoms with Gasteiger partial charge in [0.15, 0.2) is 0 Å². The van der Waals surface area contributed by atoms with Gasteiger partial charge in [-0.1, -0.05) is 0 Å². The lowest BCUT2D eigenvalue weighted by atomic mass is 10.1. The van der Waals surface area contributed by atoms with Crippen LogP contribution in [0.25, 0.3) is 0 Å². The second-order valence-corrected chi connectivity index (χ2v) is 6.72. The summed E-state index contributed by atoms with van der Waals surface area (Å²) in [5, 5.41) is 9.02. The summed E-state index contributed by atoms with van der Waals surface area (Å²) in [4.78, 5) is 23.4. The number of carbonyl (C=O) groups excluding carboxylic acids is 2. The molecule has 0 aromatic heterocycles. The van der Waals surface area contributed by atoms with E-state index in [1.165, 1.54) is 32.6 Å². The van der Waals surface area contributed by atoms with Crippen LogP contribution in [0.5, 0.6) is 5.75 Å². The smallest absolute Gasteiger partial charge is 0.239 e. The van der Waals surface area contributed by atoms with Gasteiger partial charge in [-0.2, -0.15) is 0 Å². The maximum absolute atomic E-state index is 12.3. The summed E-state index contributed by atoms with van der Waals surface area (Å²) in [6.07, 6.45) is 4.95. The molecule has 3 N–H and O–H groups in total. The van der Waals surface area contributed by atoms with E-state index >= 15 is 0 Å². The SMILES string of the molecule is COc1ccc(NC(C)=O)cc1NCC(=O)NC(C1CC1)C1CC1. The summed E-state index contributed by atoms with van der Waals surface area (Å²) in [6, 6.07) is 5.66. The third-order valence-electron chi connectivity index (χ3n) is 4.55. The number of methoxy groups -OCH3 is 1. The molecule has 0 saturated heterocycles. The van der Waals surface area contributed by atoms with E-state index in [1.807, 2.05) is 0 Å². The van der Waals surface area contributed by atoms with E-state index < -0.39 is 0 Å². The second kappa shape index (κ2) is 7.11. The number of ether oxygens (including phenoxy) is 1. The lowest BCUT2D eigenvalue weighted by Gasteiger charge is -2.18. The first-order valence-corrected chi connectivity index (χ1v) is 8.55. The largest absolute Gasteiger partial charge is 0.495 e. The Morgan fingerprint density at radius 1 is 1.21 bits per heavy atom. The molecule has 0 aliphatic heterocycles. The highest BCUT2D eigenvalue weighted by Gasteiger charge is 2.42. The summed E-state index contributed by atoms with van der Waals surface area (Å²) >= 11 is 0. The first-order valence-electron chi connectivity index (χ1n) is 8.55. The third kappa shape index (κ3) is 4.40. The fraction of sp³-hybridized carbons (Fsp3) is 0.556. The zero-order valence-electron chi connectivity index (χ0n) is 14.2. The van der Waals surface area contributed by atoms with Gasteiger partial charge < -0.3 is 20.7 Å². The lowest BCUT2D eigenvalue weighted by Crippen LogP contribution is -2.41. The van der Waals surface area contributed by atoms with Crippen LogP contribution < -0.4 is 20.7 Å². The number of hydrogen-bond acceptors (Lipinski definition) is 4. The van der Waals surface area contributed by atoms with Gasteiger partial charge in [-0.15, -0.1) is 0 Å². The molecule has 0 unspecified atom stereocenters. The molecule has 24 heavy (non-hydrogen) atoms. The topological polar surface area (TPSA) is 79.5 Å². The summed E-state index contributed by atoms with van der Waals surface area (Å²) in [5.74, 6) is 1.86. The Balaban J connectivity index is 1.57. The monoisotopic (exact) mass is 331 g/mol. The van der Waals surface area contributed by atoms with Gasteiger partial charge in [0, 0.05) is 18.7 Å². The summed E-state index contributed by atoms with van der Waals surface area (Å²) in [6.45, 7) is 1.65. The van der Waals surface area contributed by atoms with Crippen LogP contribution >= 0.6 is 0 Å². The molecule has 2 aliphatic carbocycles. The molecule has 2 amide bonds. The van der Waals surface area contributed by atoms with E-state index in [4.69, 9.17) is 4.74 Å². The number of hydrogen-bond donors (Lipinski definition) is 3. The Hall–Kier alpha value is -2.24. The van der Waals surface area contributed by atoms with Crippen LogP contribution in [-0.4, -0.2) is 31.5 Å². The minimum Gasteiger partial charge on any atom is -0.495 e. The first kappa shape index (κ1) is 16.6. The van der Waals surface area contributed by atoms with Crippen molar-refractivity contribution < 1.29 is 14.3 Å². The van der Waals surface area contributed by atoms with Gasteiger partial charge in [-0.05, 0) is 55.7 Å². The fourth-order valence-electron chi connectivity index (χ4n) is 3.07. The maximum atomic E-state index is 12.3. The van der Waals surface area contributed by atoms with Crippen molar-refractivity contribution in [2.45, 2.75) is 38.6 Å². The lowest BCUT2D eigenvalue weighted by molar-refractivity contribution is -0.120. The summed E-state index contributed by atoms with van der Waals surface area (Å²) in [5.41, 5.74) is 1.35. The highest BCUT2D eigenvalue weighted by Crippen LogP contribution is 2.44. The number of anilines is 2. The number of benzene rings is 1. The molecule has 2 fully saturated rings. The Kier molecular flexibility index (Phi) is 4.92. The van der Waals surface area contributed by atoms with E-state index in [0.29, 0.717) is 35.0 Å². The molecule has 2 aliphatic rings. The molecule has 0 atom stereocenters. The van der Waals surface area contributed by atoms with E-state index in [1.54, 1.807) is 25.3 Å². The number of amides is 2. The average molecular weight is 331 g/mol. The number of rotatable bonds is 8. The molecule has 6 nitrogen and oxygen atoms in total.